The molecule has 0 atom stereocenters. The second kappa shape index (κ2) is 6.26. The molecule has 0 aliphatic heterocycles. The zero-order valence-corrected chi connectivity index (χ0v) is 11.3. The van der Waals surface area contributed by atoms with Crippen LogP contribution in [0.1, 0.15) is 11.1 Å². The van der Waals surface area contributed by atoms with E-state index in [1.807, 2.05) is 36.6 Å². The number of benzene rings is 2. The fourth-order valence-electron chi connectivity index (χ4n) is 1.71. The van der Waals surface area contributed by atoms with Crippen LogP contribution in [-0.4, -0.2) is 6.26 Å². The maximum atomic E-state index is 13.8. The van der Waals surface area contributed by atoms with Gasteiger partial charge in [0, 0.05) is 22.7 Å². The van der Waals surface area contributed by atoms with E-state index in [1.54, 1.807) is 23.9 Å². The van der Waals surface area contributed by atoms with Crippen molar-refractivity contribution in [3.05, 3.63) is 59.4 Å². The number of hydrogen-bond acceptors (Lipinski definition) is 3. The Morgan fingerprint density at radius 2 is 1.95 bits per heavy atom. The fraction of sp³-hybridized carbons (Fsp3) is 0.133. The predicted octanol–water partition coefficient (Wildman–Crippen LogP) is 4.03. The van der Waals surface area contributed by atoms with Crippen molar-refractivity contribution in [2.75, 3.05) is 11.6 Å². The molecule has 0 aromatic heterocycles. The summed E-state index contributed by atoms with van der Waals surface area (Å²) in [5.41, 5.74) is 1.50. The fourth-order valence-corrected chi connectivity index (χ4v) is 2.12. The second-order valence-electron chi connectivity index (χ2n) is 3.97. The van der Waals surface area contributed by atoms with Gasteiger partial charge in [-0.3, -0.25) is 0 Å². The largest absolute Gasteiger partial charge is 0.381 e. The zero-order chi connectivity index (χ0) is 13.7. The van der Waals surface area contributed by atoms with Gasteiger partial charge in [-0.25, -0.2) is 4.39 Å². The van der Waals surface area contributed by atoms with Crippen molar-refractivity contribution >= 4 is 17.4 Å². The van der Waals surface area contributed by atoms with Crippen molar-refractivity contribution in [1.82, 2.24) is 0 Å². The maximum Gasteiger partial charge on any atom is 0.145 e. The van der Waals surface area contributed by atoms with Crippen LogP contribution in [0.2, 0.25) is 0 Å². The molecule has 0 saturated heterocycles. The van der Waals surface area contributed by atoms with E-state index in [4.69, 9.17) is 5.26 Å². The number of thioether (sulfide) groups is 1. The molecule has 0 radical (unpaired) electrons. The normalized spacial score (nSPS) is 9.95. The molecule has 0 aliphatic rings. The van der Waals surface area contributed by atoms with Gasteiger partial charge in [-0.2, -0.15) is 5.26 Å². The Morgan fingerprint density at radius 1 is 1.21 bits per heavy atom. The lowest BCUT2D eigenvalue weighted by Crippen LogP contribution is -2.02. The third-order valence-electron chi connectivity index (χ3n) is 2.77. The summed E-state index contributed by atoms with van der Waals surface area (Å²) in [6, 6.07) is 14.6. The molecule has 0 amide bonds. The third-order valence-corrected chi connectivity index (χ3v) is 3.52. The smallest absolute Gasteiger partial charge is 0.145 e. The Balaban J connectivity index is 2.08. The molecule has 0 unspecified atom stereocenters. The first kappa shape index (κ1) is 13.4. The minimum Gasteiger partial charge on any atom is -0.381 e. The SMILES string of the molecule is CSc1ccc(NCc2cccc(C#N)c2F)cc1. The highest BCUT2D eigenvalue weighted by atomic mass is 32.2. The maximum absolute atomic E-state index is 13.8. The number of rotatable bonds is 4. The minimum atomic E-state index is -0.446. The average molecular weight is 272 g/mol. The van der Waals surface area contributed by atoms with Crippen LogP contribution >= 0.6 is 11.8 Å². The molecule has 19 heavy (non-hydrogen) atoms. The van der Waals surface area contributed by atoms with Crippen LogP contribution < -0.4 is 5.32 Å². The predicted molar refractivity (Wildman–Crippen MR) is 76.7 cm³/mol. The monoisotopic (exact) mass is 272 g/mol. The molecule has 2 aromatic carbocycles. The van der Waals surface area contributed by atoms with E-state index in [-0.39, 0.29) is 5.56 Å². The Kier molecular flexibility index (Phi) is 4.43. The summed E-state index contributed by atoms with van der Waals surface area (Å²) in [5, 5.41) is 11.9. The number of nitriles is 1. The number of nitrogens with zero attached hydrogens (tertiary/aromatic N) is 1. The molecule has 0 fully saturated rings. The van der Waals surface area contributed by atoms with Crippen LogP contribution in [0.15, 0.2) is 47.4 Å². The molecule has 0 heterocycles. The zero-order valence-electron chi connectivity index (χ0n) is 10.5. The van der Waals surface area contributed by atoms with E-state index in [0.29, 0.717) is 12.1 Å². The Bertz CT molecular complexity index is 603. The third kappa shape index (κ3) is 3.27. The highest BCUT2D eigenvalue weighted by molar-refractivity contribution is 7.98. The molecule has 0 bridgehead atoms. The van der Waals surface area contributed by atoms with Gasteiger partial charge in [0.15, 0.2) is 0 Å². The summed E-state index contributed by atoms with van der Waals surface area (Å²) >= 11 is 1.68. The molecule has 2 rings (SSSR count). The van der Waals surface area contributed by atoms with E-state index in [9.17, 15) is 4.39 Å². The van der Waals surface area contributed by atoms with Crippen LogP contribution in [0.25, 0.3) is 0 Å². The van der Waals surface area contributed by atoms with Crippen molar-refractivity contribution in [3.8, 4) is 6.07 Å². The first-order chi connectivity index (χ1) is 9.24. The number of hydrogen-bond donors (Lipinski definition) is 1. The molecule has 4 heteroatoms. The second-order valence-corrected chi connectivity index (χ2v) is 4.85. The van der Waals surface area contributed by atoms with Crippen molar-refractivity contribution in [2.24, 2.45) is 0 Å². The van der Waals surface area contributed by atoms with Gasteiger partial charge in [0.2, 0.25) is 0 Å². The Hall–Kier alpha value is -1.99. The number of anilines is 1. The summed E-state index contributed by atoms with van der Waals surface area (Å²) in [5.74, 6) is -0.446. The average Bonchev–Trinajstić information content (AvgIpc) is 2.47. The van der Waals surface area contributed by atoms with Gasteiger partial charge in [0.1, 0.15) is 11.9 Å². The molecular formula is C15H13FN2S. The Labute approximate surface area is 116 Å². The molecule has 0 spiro atoms. The molecule has 96 valence electrons. The van der Waals surface area contributed by atoms with Crippen LogP contribution in [0, 0.1) is 17.1 Å². The molecule has 0 aliphatic carbocycles. The minimum absolute atomic E-state index is 0.0806. The molecular weight excluding hydrogens is 259 g/mol. The number of halogens is 1. The van der Waals surface area contributed by atoms with Gasteiger partial charge in [0.05, 0.1) is 5.56 Å². The summed E-state index contributed by atoms with van der Waals surface area (Å²) in [6.07, 6.45) is 2.02. The summed E-state index contributed by atoms with van der Waals surface area (Å²) in [4.78, 5) is 1.18. The van der Waals surface area contributed by atoms with Crippen LogP contribution in [0.5, 0.6) is 0 Å². The molecule has 2 nitrogen and oxygen atoms in total. The lowest BCUT2D eigenvalue weighted by Gasteiger charge is -2.08. The van der Waals surface area contributed by atoms with Gasteiger partial charge in [-0.15, -0.1) is 11.8 Å². The van der Waals surface area contributed by atoms with E-state index >= 15 is 0 Å². The Morgan fingerprint density at radius 3 is 2.58 bits per heavy atom. The topological polar surface area (TPSA) is 35.8 Å². The lowest BCUT2D eigenvalue weighted by molar-refractivity contribution is 0.609. The van der Waals surface area contributed by atoms with Crippen molar-refractivity contribution < 1.29 is 4.39 Å². The van der Waals surface area contributed by atoms with E-state index in [2.05, 4.69) is 5.32 Å². The van der Waals surface area contributed by atoms with Crippen molar-refractivity contribution in [1.29, 1.82) is 5.26 Å². The summed E-state index contributed by atoms with van der Waals surface area (Å²) in [7, 11) is 0. The standard InChI is InChI=1S/C15H13FN2S/c1-19-14-7-5-13(6-8-14)18-10-12-4-2-3-11(9-17)15(12)16/h2-8,18H,10H2,1H3. The van der Waals surface area contributed by atoms with Gasteiger partial charge in [0.25, 0.3) is 0 Å². The van der Waals surface area contributed by atoms with Crippen molar-refractivity contribution in [2.45, 2.75) is 11.4 Å². The molecule has 0 saturated carbocycles. The van der Waals surface area contributed by atoms with Crippen molar-refractivity contribution in [3.63, 3.8) is 0 Å². The lowest BCUT2D eigenvalue weighted by atomic mass is 10.1. The van der Waals surface area contributed by atoms with Gasteiger partial charge in [-0.05, 0) is 36.6 Å². The first-order valence-electron chi connectivity index (χ1n) is 5.80. The summed E-state index contributed by atoms with van der Waals surface area (Å²) < 4.78 is 13.8. The van der Waals surface area contributed by atoms with Gasteiger partial charge >= 0.3 is 0 Å². The van der Waals surface area contributed by atoms with E-state index in [0.717, 1.165) is 5.69 Å². The first-order valence-corrected chi connectivity index (χ1v) is 7.02. The van der Waals surface area contributed by atoms with Crippen LogP contribution in [0.4, 0.5) is 10.1 Å². The van der Waals surface area contributed by atoms with E-state index in [1.165, 1.54) is 11.0 Å². The van der Waals surface area contributed by atoms with Crippen LogP contribution in [0.3, 0.4) is 0 Å². The van der Waals surface area contributed by atoms with Gasteiger partial charge < -0.3 is 5.32 Å². The number of nitrogens with one attached hydrogen (secondary N) is 1. The molecule has 2 aromatic rings. The highest BCUT2D eigenvalue weighted by Gasteiger charge is 2.06. The van der Waals surface area contributed by atoms with Crippen LogP contribution in [-0.2, 0) is 6.54 Å². The summed E-state index contributed by atoms with van der Waals surface area (Å²) in [6.45, 7) is 0.361. The van der Waals surface area contributed by atoms with Gasteiger partial charge in [-0.1, -0.05) is 12.1 Å². The molecule has 1 N–H and O–H groups in total. The quantitative estimate of drug-likeness (QED) is 0.853. The highest BCUT2D eigenvalue weighted by Crippen LogP contribution is 2.19. The van der Waals surface area contributed by atoms with E-state index < -0.39 is 5.82 Å².